The second-order valence-electron chi connectivity index (χ2n) is 11.0. The van der Waals surface area contributed by atoms with Gasteiger partial charge in [-0.15, -0.1) is 0 Å². The summed E-state index contributed by atoms with van der Waals surface area (Å²) in [4.78, 5) is 12.6. The van der Waals surface area contributed by atoms with E-state index in [2.05, 4.69) is 0 Å². The van der Waals surface area contributed by atoms with E-state index in [1.165, 1.54) is 19.2 Å². The van der Waals surface area contributed by atoms with Gasteiger partial charge in [-0.1, -0.05) is 0 Å². The SMILES string of the molecule is COCCS(=O)(=O)CC(=O)c1cc(C2CC2)c(OCC23CC4CC(C2)C(F)(F)C(C4)C3)cc1F. The smallest absolute Gasteiger partial charge is 0.253 e. The molecule has 0 heterocycles. The van der Waals surface area contributed by atoms with Gasteiger partial charge in [-0.25, -0.2) is 21.6 Å². The lowest BCUT2D eigenvalue weighted by molar-refractivity contribution is -0.230. The molecule has 0 saturated heterocycles. The van der Waals surface area contributed by atoms with Gasteiger partial charge in [0.25, 0.3) is 5.92 Å². The van der Waals surface area contributed by atoms with Crippen LogP contribution in [-0.4, -0.2) is 52.0 Å². The summed E-state index contributed by atoms with van der Waals surface area (Å²) in [5.74, 6) is -5.69. The molecule has 0 N–H and O–H groups in total. The molecule has 6 rings (SSSR count). The maximum absolute atomic E-state index is 15.0. The number of Topliss-reactive ketones (excluding diaryl/α,β-unsaturated/α-hetero) is 1. The van der Waals surface area contributed by atoms with Gasteiger partial charge in [-0.2, -0.15) is 0 Å². The Bertz CT molecular complexity index is 1060. The van der Waals surface area contributed by atoms with Crippen LogP contribution in [0.25, 0.3) is 0 Å². The number of carbonyl (C=O) groups excluding carboxylic acids is 1. The molecule has 5 nitrogen and oxygen atoms in total. The average Bonchev–Trinajstić information content (AvgIpc) is 3.59. The fourth-order valence-electron chi connectivity index (χ4n) is 6.65. The third kappa shape index (κ3) is 4.50. The van der Waals surface area contributed by atoms with Crippen molar-refractivity contribution >= 4 is 15.6 Å². The van der Waals surface area contributed by atoms with Crippen molar-refractivity contribution in [1.82, 2.24) is 0 Å². The van der Waals surface area contributed by atoms with E-state index in [1.54, 1.807) is 0 Å². The van der Waals surface area contributed by atoms with Crippen molar-refractivity contribution < 1.29 is 35.9 Å². The number of sulfone groups is 1. The van der Waals surface area contributed by atoms with Crippen LogP contribution in [0.4, 0.5) is 13.2 Å². The summed E-state index contributed by atoms with van der Waals surface area (Å²) in [5.41, 5.74) is 0.151. The van der Waals surface area contributed by atoms with E-state index in [1.807, 2.05) is 0 Å². The Kier molecular flexibility index (Phi) is 6.03. The number of rotatable bonds is 10. The molecule has 34 heavy (non-hydrogen) atoms. The molecule has 5 fully saturated rings. The maximum atomic E-state index is 15.0. The number of benzene rings is 1. The first-order chi connectivity index (χ1) is 16.0. The molecular weight excluding hydrogens is 469 g/mol. The highest BCUT2D eigenvalue weighted by Gasteiger charge is 2.64. The van der Waals surface area contributed by atoms with E-state index < -0.39 is 44.9 Å². The maximum Gasteiger partial charge on any atom is 0.253 e. The normalized spacial score (nSPS) is 31.6. The summed E-state index contributed by atoms with van der Waals surface area (Å²) in [7, 11) is -2.35. The molecule has 0 aromatic heterocycles. The number of hydrogen-bond acceptors (Lipinski definition) is 5. The van der Waals surface area contributed by atoms with Crippen molar-refractivity contribution in [3.05, 3.63) is 29.1 Å². The van der Waals surface area contributed by atoms with Gasteiger partial charge in [0.1, 0.15) is 17.3 Å². The molecule has 0 aliphatic heterocycles. The highest BCUT2D eigenvalue weighted by Crippen LogP contribution is 2.65. The second kappa shape index (κ2) is 8.50. The van der Waals surface area contributed by atoms with Gasteiger partial charge < -0.3 is 9.47 Å². The minimum absolute atomic E-state index is 0.0333. The number of methoxy groups -OCH3 is 1. The first-order valence-electron chi connectivity index (χ1n) is 12.1. The van der Waals surface area contributed by atoms with Crippen LogP contribution in [0.3, 0.4) is 0 Å². The average molecular weight is 501 g/mol. The Hall–Kier alpha value is -1.61. The van der Waals surface area contributed by atoms with Gasteiger partial charge in [0.2, 0.25) is 0 Å². The van der Waals surface area contributed by atoms with Gasteiger partial charge in [-0.3, -0.25) is 4.79 Å². The fourth-order valence-corrected chi connectivity index (χ4v) is 7.77. The largest absolute Gasteiger partial charge is 0.493 e. The molecule has 1 aromatic rings. The highest BCUT2D eigenvalue weighted by atomic mass is 32.2. The third-order valence-electron chi connectivity index (χ3n) is 8.31. The Morgan fingerprint density at radius 1 is 1.12 bits per heavy atom. The van der Waals surface area contributed by atoms with Crippen LogP contribution in [0.5, 0.6) is 5.75 Å². The van der Waals surface area contributed by atoms with Crippen molar-refractivity contribution in [2.75, 3.05) is 31.8 Å². The molecule has 0 amide bonds. The van der Waals surface area contributed by atoms with Crippen LogP contribution in [0.1, 0.15) is 66.8 Å². The Morgan fingerprint density at radius 3 is 2.41 bits per heavy atom. The summed E-state index contributed by atoms with van der Waals surface area (Å²) in [6.45, 7) is 0.235. The molecule has 5 aliphatic carbocycles. The summed E-state index contributed by atoms with van der Waals surface area (Å²) >= 11 is 0. The van der Waals surface area contributed by atoms with Crippen molar-refractivity contribution in [2.24, 2.45) is 23.2 Å². The molecule has 5 aliphatic rings. The van der Waals surface area contributed by atoms with Crippen LogP contribution in [-0.2, 0) is 14.6 Å². The van der Waals surface area contributed by atoms with E-state index >= 15 is 0 Å². The molecule has 5 saturated carbocycles. The molecule has 2 atom stereocenters. The minimum Gasteiger partial charge on any atom is -0.493 e. The molecular formula is C25H31F3O5S. The van der Waals surface area contributed by atoms with E-state index in [4.69, 9.17) is 9.47 Å². The molecule has 2 unspecified atom stereocenters. The van der Waals surface area contributed by atoms with E-state index in [9.17, 15) is 26.4 Å². The monoisotopic (exact) mass is 500 g/mol. The number of hydrogen-bond donors (Lipinski definition) is 0. The molecule has 4 bridgehead atoms. The summed E-state index contributed by atoms with van der Waals surface area (Å²) in [5, 5.41) is 0. The van der Waals surface area contributed by atoms with E-state index in [0.29, 0.717) is 42.9 Å². The van der Waals surface area contributed by atoms with Crippen LogP contribution in [0.15, 0.2) is 12.1 Å². The molecule has 188 valence electrons. The minimum atomic E-state index is -3.71. The van der Waals surface area contributed by atoms with Crippen molar-refractivity contribution in [3.8, 4) is 5.75 Å². The zero-order chi connectivity index (χ0) is 24.3. The standard InChI is InChI=1S/C25H31F3O5S/c1-32-4-5-34(30,31)13-22(29)20-8-19(16-2-3-16)23(9-21(20)26)33-14-24-10-15-6-17(11-24)25(27,28)18(7-15)12-24/h8-9,15-18H,2-7,10-14H2,1H3. The van der Waals surface area contributed by atoms with E-state index in [0.717, 1.165) is 19.3 Å². The van der Waals surface area contributed by atoms with Crippen LogP contribution in [0.2, 0.25) is 0 Å². The topological polar surface area (TPSA) is 69.7 Å². The van der Waals surface area contributed by atoms with Gasteiger partial charge in [0.15, 0.2) is 15.6 Å². The van der Waals surface area contributed by atoms with Gasteiger partial charge in [0.05, 0.1) is 24.5 Å². The van der Waals surface area contributed by atoms with E-state index in [-0.39, 0.29) is 35.9 Å². The lowest BCUT2D eigenvalue weighted by atomic mass is 9.48. The zero-order valence-electron chi connectivity index (χ0n) is 19.3. The predicted molar refractivity (Wildman–Crippen MR) is 120 cm³/mol. The van der Waals surface area contributed by atoms with Gasteiger partial charge >= 0.3 is 0 Å². The first kappa shape index (κ1) is 24.1. The summed E-state index contributed by atoms with van der Waals surface area (Å²) in [6.07, 6.45) is 4.66. The molecule has 1 aromatic carbocycles. The van der Waals surface area contributed by atoms with Crippen molar-refractivity contribution in [2.45, 2.75) is 56.8 Å². The quantitative estimate of drug-likeness (QED) is 0.432. The highest BCUT2D eigenvalue weighted by molar-refractivity contribution is 7.92. The summed E-state index contributed by atoms with van der Waals surface area (Å²) in [6, 6.07) is 2.61. The number of halogens is 3. The van der Waals surface area contributed by atoms with Crippen LogP contribution in [0, 0.1) is 29.0 Å². The molecule has 9 heteroatoms. The Morgan fingerprint density at radius 2 is 1.79 bits per heavy atom. The predicted octanol–water partition coefficient (Wildman–Crippen LogP) is 4.79. The van der Waals surface area contributed by atoms with Crippen LogP contribution < -0.4 is 4.74 Å². The van der Waals surface area contributed by atoms with Crippen LogP contribution >= 0.6 is 0 Å². The number of ether oxygens (including phenoxy) is 2. The second-order valence-corrected chi connectivity index (χ2v) is 13.1. The lowest BCUT2D eigenvalue weighted by Gasteiger charge is -2.59. The number of ketones is 1. The third-order valence-corrected chi connectivity index (χ3v) is 9.80. The van der Waals surface area contributed by atoms with Gasteiger partial charge in [-0.05, 0) is 68.4 Å². The molecule has 0 radical (unpaired) electrons. The van der Waals surface area contributed by atoms with Crippen molar-refractivity contribution in [1.29, 1.82) is 0 Å². The molecule has 0 spiro atoms. The van der Waals surface area contributed by atoms with Gasteiger partial charge in [0, 0.05) is 30.4 Å². The zero-order valence-corrected chi connectivity index (χ0v) is 20.1. The Labute approximate surface area is 198 Å². The number of alkyl halides is 2. The number of carbonyl (C=O) groups is 1. The first-order valence-corrected chi connectivity index (χ1v) is 13.9. The lowest BCUT2D eigenvalue weighted by Crippen LogP contribution is -2.58. The fraction of sp³-hybridized carbons (Fsp3) is 0.720. The van der Waals surface area contributed by atoms with Crippen molar-refractivity contribution in [3.63, 3.8) is 0 Å². The summed E-state index contributed by atoms with van der Waals surface area (Å²) < 4.78 is 79.3. The Balaban J connectivity index is 1.33.